The first-order chi connectivity index (χ1) is 17.0. The normalized spacial score (nSPS) is 15.1. The van der Waals surface area contributed by atoms with Crippen molar-refractivity contribution in [1.82, 2.24) is 10.2 Å². The molecule has 2 aromatic carbocycles. The molecule has 1 aromatic heterocycles. The second-order valence-corrected chi connectivity index (χ2v) is 9.85. The molecule has 182 valence electrons. The van der Waals surface area contributed by atoms with Crippen LogP contribution in [-0.4, -0.2) is 63.8 Å². The van der Waals surface area contributed by atoms with Crippen molar-refractivity contribution < 1.29 is 9.53 Å². The van der Waals surface area contributed by atoms with Crippen LogP contribution >= 0.6 is 11.3 Å². The second kappa shape index (κ2) is 11.5. The topological polar surface area (TPSA) is 68.6 Å². The van der Waals surface area contributed by atoms with Gasteiger partial charge in [0, 0.05) is 54.8 Å². The summed E-state index contributed by atoms with van der Waals surface area (Å²) in [6, 6.07) is 19.4. The monoisotopic (exact) mass is 488 g/mol. The maximum atomic E-state index is 12.5. The number of nitriles is 1. The van der Waals surface area contributed by atoms with Crippen molar-refractivity contribution in [2.24, 2.45) is 0 Å². The molecule has 35 heavy (non-hydrogen) atoms. The zero-order valence-electron chi connectivity index (χ0n) is 20.6. The first-order valence-corrected chi connectivity index (χ1v) is 12.9. The van der Waals surface area contributed by atoms with Crippen molar-refractivity contribution >= 4 is 39.3 Å². The van der Waals surface area contributed by atoms with E-state index in [1.807, 2.05) is 19.9 Å². The van der Waals surface area contributed by atoms with Gasteiger partial charge in [-0.05, 0) is 73.1 Å². The van der Waals surface area contributed by atoms with Gasteiger partial charge in [-0.15, -0.1) is 11.3 Å². The number of rotatable bonds is 8. The highest BCUT2D eigenvalue weighted by atomic mass is 32.1. The Balaban J connectivity index is 1.52. The maximum absolute atomic E-state index is 12.5. The molecule has 0 unspecified atom stereocenters. The van der Waals surface area contributed by atoms with Crippen molar-refractivity contribution in [1.29, 1.82) is 5.26 Å². The van der Waals surface area contributed by atoms with E-state index in [0.29, 0.717) is 25.3 Å². The van der Waals surface area contributed by atoms with E-state index in [0.717, 1.165) is 41.5 Å². The van der Waals surface area contributed by atoms with E-state index in [9.17, 15) is 10.1 Å². The highest BCUT2D eigenvalue weighted by Gasteiger charge is 2.16. The van der Waals surface area contributed by atoms with E-state index in [4.69, 9.17) is 4.74 Å². The molecule has 0 saturated carbocycles. The number of amides is 1. The predicted octanol–water partition coefficient (Wildman–Crippen LogP) is 4.77. The molecular weight excluding hydrogens is 456 g/mol. The van der Waals surface area contributed by atoms with Gasteiger partial charge in [-0.25, -0.2) is 0 Å². The highest BCUT2D eigenvalue weighted by molar-refractivity contribution is 7.16. The molecule has 7 heteroatoms. The Kier molecular flexibility index (Phi) is 8.19. The zero-order valence-corrected chi connectivity index (χ0v) is 21.5. The number of nitrogens with zero attached hydrogens (tertiary/aromatic N) is 3. The summed E-state index contributed by atoms with van der Waals surface area (Å²) < 4.78 is 5.25. The standard InChI is InChI=1S/C28H32N4O2S/c1-4-34-16-11-30-28(33)25(19-29)20(2)26-9-10-27(35-26)23-6-5-22-18-24(8-7-21(22)17-23)32-14-12-31(3)13-15-32/h5-10,17-18H,4,11-16H2,1-3H3,(H,30,33)/b25-20+. The molecule has 0 atom stereocenters. The predicted molar refractivity (Wildman–Crippen MR) is 145 cm³/mol. The van der Waals surface area contributed by atoms with Crippen LogP contribution in [-0.2, 0) is 9.53 Å². The quantitative estimate of drug-likeness (QED) is 0.281. The van der Waals surface area contributed by atoms with E-state index in [1.165, 1.54) is 16.5 Å². The molecule has 1 aliphatic heterocycles. The minimum Gasteiger partial charge on any atom is -0.380 e. The number of carbonyl (C=O) groups is 1. The Labute approximate surface area is 211 Å². The molecule has 0 aliphatic carbocycles. The first-order valence-electron chi connectivity index (χ1n) is 12.0. The number of likely N-dealkylation sites (N-methyl/N-ethyl adjacent to an activating group) is 1. The van der Waals surface area contributed by atoms with Crippen LogP contribution in [0, 0.1) is 11.3 Å². The van der Waals surface area contributed by atoms with Gasteiger partial charge < -0.3 is 19.9 Å². The zero-order chi connectivity index (χ0) is 24.8. The number of hydrogen-bond acceptors (Lipinski definition) is 6. The third-order valence-electron chi connectivity index (χ3n) is 6.40. The van der Waals surface area contributed by atoms with E-state index in [2.05, 4.69) is 70.7 Å². The van der Waals surface area contributed by atoms with Crippen LogP contribution in [0.5, 0.6) is 0 Å². The summed E-state index contributed by atoms with van der Waals surface area (Å²) in [6.45, 7) is 9.44. The SMILES string of the molecule is CCOCCNC(=O)/C(C#N)=C(\C)c1ccc(-c2ccc3cc(N4CCN(C)CC4)ccc3c2)s1. The molecule has 4 rings (SSSR count). The molecule has 1 saturated heterocycles. The number of piperazine rings is 1. The van der Waals surface area contributed by atoms with Crippen LogP contribution in [0.15, 0.2) is 54.1 Å². The number of carbonyl (C=O) groups excluding carboxylic acids is 1. The van der Waals surface area contributed by atoms with Crippen LogP contribution < -0.4 is 10.2 Å². The molecule has 2 heterocycles. The third-order valence-corrected chi connectivity index (χ3v) is 7.66. The third kappa shape index (κ3) is 5.91. The summed E-state index contributed by atoms with van der Waals surface area (Å²) in [5.41, 5.74) is 3.25. The molecule has 0 bridgehead atoms. The van der Waals surface area contributed by atoms with Gasteiger partial charge in [0.05, 0.1) is 6.61 Å². The summed E-state index contributed by atoms with van der Waals surface area (Å²) >= 11 is 1.60. The lowest BCUT2D eigenvalue weighted by atomic mass is 10.0. The highest BCUT2D eigenvalue weighted by Crippen LogP contribution is 2.35. The van der Waals surface area contributed by atoms with Crippen LogP contribution in [0.25, 0.3) is 26.8 Å². The summed E-state index contributed by atoms with van der Waals surface area (Å²) in [5, 5.41) is 14.8. The minimum atomic E-state index is -0.360. The molecule has 1 amide bonds. The smallest absolute Gasteiger partial charge is 0.262 e. The minimum absolute atomic E-state index is 0.143. The molecule has 0 spiro atoms. The van der Waals surface area contributed by atoms with Crippen molar-refractivity contribution in [2.45, 2.75) is 13.8 Å². The van der Waals surface area contributed by atoms with Crippen LogP contribution in [0.3, 0.4) is 0 Å². The van der Waals surface area contributed by atoms with Crippen LogP contribution in [0.1, 0.15) is 18.7 Å². The first kappa shape index (κ1) is 24.9. The summed E-state index contributed by atoms with van der Waals surface area (Å²) in [6.07, 6.45) is 0. The largest absolute Gasteiger partial charge is 0.380 e. The molecule has 1 N–H and O–H groups in total. The number of fused-ring (bicyclic) bond motifs is 1. The fourth-order valence-corrected chi connectivity index (χ4v) is 5.25. The Morgan fingerprint density at radius 1 is 1.09 bits per heavy atom. The Hall–Kier alpha value is -3.18. The Morgan fingerprint density at radius 2 is 1.83 bits per heavy atom. The maximum Gasteiger partial charge on any atom is 0.262 e. The van der Waals surface area contributed by atoms with Crippen LogP contribution in [0.4, 0.5) is 5.69 Å². The van der Waals surface area contributed by atoms with Crippen molar-refractivity contribution in [2.75, 3.05) is 57.9 Å². The van der Waals surface area contributed by atoms with E-state index >= 15 is 0 Å². The molecule has 1 fully saturated rings. The average molecular weight is 489 g/mol. The van der Waals surface area contributed by atoms with Gasteiger partial charge in [-0.3, -0.25) is 4.79 Å². The van der Waals surface area contributed by atoms with E-state index < -0.39 is 0 Å². The number of allylic oxidation sites excluding steroid dienone is 1. The number of benzene rings is 2. The van der Waals surface area contributed by atoms with Gasteiger partial charge in [0.25, 0.3) is 5.91 Å². The number of thiophene rings is 1. The van der Waals surface area contributed by atoms with Crippen molar-refractivity contribution in [3.05, 3.63) is 59.0 Å². The number of ether oxygens (including phenoxy) is 1. The average Bonchev–Trinajstić information content (AvgIpc) is 3.37. The summed E-state index contributed by atoms with van der Waals surface area (Å²) in [7, 11) is 2.17. The molecule has 3 aromatic rings. The second-order valence-electron chi connectivity index (χ2n) is 8.77. The fourth-order valence-electron chi connectivity index (χ4n) is 4.24. The van der Waals surface area contributed by atoms with Gasteiger partial charge in [0.2, 0.25) is 0 Å². The lowest BCUT2D eigenvalue weighted by Gasteiger charge is -2.34. The van der Waals surface area contributed by atoms with E-state index in [1.54, 1.807) is 11.3 Å². The van der Waals surface area contributed by atoms with Crippen molar-refractivity contribution in [3.8, 4) is 16.5 Å². The van der Waals surface area contributed by atoms with Crippen molar-refractivity contribution in [3.63, 3.8) is 0 Å². The number of hydrogen-bond donors (Lipinski definition) is 1. The number of nitrogens with one attached hydrogen (secondary N) is 1. The van der Waals surface area contributed by atoms with Gasteiger partial charge in [0.15, 0.2) is 0 Å². The van der Waals surface area contributed by atoms with Gasteiger partial charge in [-0.1, -0.05) is 18.2 Å². The Bertz CT molecular complexity index is 1270. The summed E-state index contributed by atoms with van der Waals surface area (Å²) in [4.78, 5) is 19.3. The molecule has 1 aliphatic rings. The summed E-state index contributed by atoms with van der Waals surface area (Å²) in [5.74, 6) is -0.360. The van der Waals surface area contributed by atoms with Gasteiger partial charge >= 0.3 is 0 Å². The van der Waals surface area contributed by atoms with Gasteiger partial charge in [-0.2, -0.15) is 5.26 Å². The number of anilines is 1. The van der Waals surface area contributed by atoms with E-state index in [-0.39, 0.29) is 11.5 Å². The van der Waals surface area contributed by atoms with Crippen LogP contribution in [0.2, 0.25) is 0 Å². The molecular formula is C28H32N4O2S. The lowest BCUT2D eigenvalue weighted by Crippen LogP contribution is -2.44. The Morgan fingerprint density at radius 3 is 2.57 bits per heavy atom. The molecule has 0 radical (unpaired) electrons. The fraction of sp³-hybridized carbons (Fsp3) is 0.357. The lowest BCUT2D eigenvalue weighted by molar-refractivity contribution is -0.117. The molecule has 6 nitrogen and oxygen atoms in total. The van der Waals surface area contributed by atoms with Gasteiger partial charge in [0.1, 0.15) is 11.6 Å².